The van der Waals surface area contributed by atoms with E-state index in [4.69, 9.17) is 0 Å². The molecule has 0 saturated carbocycles. The number of aryl methyl sites for hydroxylation is 1. The van der Waals surface area contributed by atoms with Gasteiger partial charge in [-0.2, -0.15) is 0 Å². The maximum absolute atomic E-state index is 12.4. The number of hydrogen-bond acceptors (Lipinski definition) is 5. The highest BCUT2D eigenvalue weighted by atomic mass is 16.1. The van der Waals surface area contributed by atoms with Crippen LogP contribution in [0.1, 0.15) is 48.4 Å². The number of amides is 1. The predicted molar refractivity (Wildman–Crippen MR) is 95.0 cm³/mol. The first-order valence-corrected chi connectivity index (χ1v) is 8.41. The normalized spacial score (nSPS) is 10.5. The van der Waals surface area contributed by atoms with Gasteiger partial charge in [0.15, 0.2) is 0 Å². The topological polar surface area (TPSA) is 71.0 Å². The molecule has 128 valence electrons. The van der Waals surface area contributed by atoms with Gasteiger partial charge >= 0.3 is 0 Å². The minimum absolute atomic E-state index is 0.188. The van der Waals surface area contributed by atoms with E-state index in [-0.39, 0.29) is 5.91 Å². The molecule has 0 radical (unpaired) electrons. The van der Waals surface area contributed by atoms with Crippen LogP contribution in [-0.4, -0.2) is 33.9 Å². The van der Waals surface area contributed by atoms with Crippen molar-refractivity contribution >= 4 is 11.9 Å². The van der Waals surface area contributed by atoms with Crippen LogP contribution in [0.5, 0.6) is 0 Å². The second-order valence-corrected chi connectivity index (χ2v) is 5.72. The lowest BCUT2D eigenvalue weighted by Crippen LogP contribution is -2.29. The van der Waals surface area contributed by atoms with Gasteiger partial charge in [-0.05, 0) is 43.5 Å². The Morgan fingerprint density at radius 3 is 2.42 bits per heavy atom. The summed E-state index contributed by atoms with van der Waals surface area (Å²) in [6.45, 7) is 8.36. The lowest BCUT2D eigenvalue weighted by Gasteiger charge is -2.22. The number of aromatic nitrogens is 3. The maximum Gasteiger partial charge on any atom is 0.270 e. The average Bonchev–Trinajstić information content (AvgIpc) is 2.60. The van der Waals surface area contributed by atoms with Crippen LogP contribution < -0.4 is 10.2 Å². The van der Waals surface area contributed by atoms with E-state index < -0.39 is 0 Å². The van der Waals surface area contributed by atoms with Crippen LogP contribution in [0.4, 0.5) is 5.95 Å². The van der Waals surface area contributed by atoms with E-state index in [0.29, 0.717) is 18.2 Å². The van der Waals surface area contributed by atoms with Crippen LogP contribution in [-0.2, 0) is 6.54 Å². The molecule has 0 fully saturated rings. The fourth-order valence-electron chi connectivity index (χ4n) is 2.44. The summed E-state index contributed by atoms with van der Waals surface area (Å²) in [5, 5.41) is 2.90. The minimum Gasteiger partial charge on any atom is -0.347 e. The standard InChI is InChI=1S/C18H25N5O/c1-4-10-23(11-5-2)18-21-14(3)12-16(22-18)17(24)20-13-15-6-8-19-9-7-15/h6-9,12H,4-5,10-11,13H2,1-3H3,(H,20,24). The van der Waals surface area contributed by atoms with E-state index in [1.54, 1.807) is 18.5 Å². The second-order valence-electron chi connectivity index (χ2n) is 5.72. The predicted octanol–water partition coefficient (Wildman–Crippen LogP) is 2.74. The Balaban J connectivity index is 2.12. The summed E-state index contributed by atoms with van der Waals surface area (Å²) < 4.78 is 0. The number of hydrogen-bond donors (Lipinski definition) is 1. The van der Waals surface area contributed by atoms with Gasteiger partial charge in [0.05, 0.1) is 0 Å². The summed E-state index contributed by atoms with van der Waals surface area (Å²) in [7, 11) is 0. The third kappa shape index (κ3) is 5.01. The van der Waals surface area contributed by atoms with E-state index >= 15 is 0 Å². The molecule has 2 rings (SSSR count). The maximum atomic E-state index is 12.4. The Bertz CT molecular complexity index is 654. The third-order valence-corrected chi connectivity index (χ3v) is 3.55. The molecule has 6 heteroatoms. The summed E-state index contributed by atoms with van der Waals surface area (Å²) in [6.07, 6.45) is 5.45. The molecule has 0 aliphatic rings. The molecule has 0 spiro atoms. The highest BCUT2D eigenvalue weighted by Gasteiger charge is 2.14. The Kier molecular flexibility index (Phi) is 6.66. The number of carbonyl (C=O) groups excluding carboxylic acids is 1. The zero-order valence-corrected chi connectivity index (χ0v) is 14.6. The largest absolute Gasteiger partial charge is 0.347 e. The lowest BCUT2D eigenvalue weighted by atomic mass is 10.2. The smallest absolute Gasteiger partial charge is 0.270 e. The van der Waals surface area contributed by atoms with Gasteiger partial charge in [0, 0.05) is 37.7 Å². The molecular weight excluding hydrogens is 302 g/mol. The minimum atomic E-state index is -0.188. The van der Waals surface area contributed by atoms with Gasteiger partial charge in [-0.15, -0.1) is 0 Å². The SMILES string of the molecule is CCCN(CCC)c1nc(C)cc(C(=O)NCc2ccncc2)n1. The molecule has 24 heavy (non-hydrogen) atoms. The van der Waals surface area contributed by atoms with Crippen LogP contribution in [0, 0.1) is 6.92 Å². The van der Waals surface area contributed by atoms with Crippen LogP contribution in [0.3, 0.4) is 0 Å². The van der Waals surface area contributed by atoms with Crippen molar-refractivity contribution in [2.75, 3.05) is 18.0 Å². The van der Waals surface area contributed by atoms with Crippen LogP contribution in [0.2, 0.25) is 0 Å². The van der Waals surface area contributed by atoms with Crippen molar-refractivity contribution in [2.45, 2.75) is 40.2 Å². The fraction of sp³-hybridized carbons (Fsp3) is 0.444. The molecule has 0 bridgehead atoms. The summed E-state index contributed by atoms with van der Waals surface area (Å²) in [4.78, 5) is 27.5. The fourth-order valence-corrected chi connectivity index (χ4v) is 2.44. The number of nitrogens with zero attached hydrogens (tertiary/aromatic N) is 4. The first-order chi connectivity index (χ1) is 11.6. The average molecular weight is 327 g/mol. The molecule has 2 aromatic rings. The van der Waals surface area contributed by atoms with E-state index in [0.717, 1.165) is 37.2 Å². The number of nitrogens with one attached hydrogen (secondary N) is 1. The Labute approximate surface area is 143 Å². The second kappa shape index (κ2) is 8.96. The number of anilines is 1. The molecule has 0 aromatic carbocycles. The Hall–Kier alpha value is -2.50. The highest BCUT2D eigenvalue weighted by molar-refractivity contribution is 5.92. The molecule has 1 N–H and O–H groups in total. The van der Waals surface area contributed by atoms with E-state index in [1.807, 2.05) is 19.1 Å². The zero-order valence-electron chi connectivity index (χ0n) is 14.6. The van der Waals surface area contributed by atoms with Crippen molar-refractivity contribution < 1.29 is 4.79 Å². The molecule has 1 amide bonds. The van der Waals surface area contributed by atoms with Crippen molar-refractivity contribution in [3.63, 3.8) is 0 Å². The Morgan fingerprint density at radius 2 is 1.79 bits per heavy atom. The van der Waals surface area contributed by atoms with Gasteiger partial charge in [0.2, 0.25) is 5.95 Å². The monoisotopic (exact) mass is 327 g/mol. The van der Waals surface area contributed by atoms with Crippen LogP contribution in [0.25, 0.3) is 0 Å². The van der Waals surface area contributed by atoms with Crippen molar-refractivity contribution in [1.82, 2.24) is 20.3 Å². The van der Waals surface area contributed by atoms with Crippen molar-refractivity contribution in [2.24, 2.45) is 0 Å². The number of rotatable bonds is 8. The van der Waals surface area contributed by atoms with E-state index in [2.05, 4.69) is 39.0 Å². The van der Waals surface area contributed by atoms with E-state index in [1.165, 1.54) is 0 Å². The molecule has 0 atom stereocenters. The number of pyridine rings is 1. The molecule has 6 nitrogen and oxygen atoms in total. The zero-order chi connectivity index (χ0) is 17.4. The molecule has 0 saturated heterocycles. The van der Waals surface area contributed by atoms with Crippen molar-refractivity contribution in [1.29, 1.82) is 0 Å². The summed E-state index contributed by atoms with van der Waals surface area (Å²) in [6, 6.07) is 5.48. The summed E-state index contributed by atoms with van der Waals surface area (Å²) in [5.74, 6) is 0.444. The molecule has 0 unspecified atom stereocenters. The van der Waals surface area contributed by atoms with Crippen molar-refractivity contribution in [3.05, 3.63) is 47.5 Å². The van der Waals surface area contributed by atoms with Gasteiger partial charge in [-0.3, -0.25) is 9.78 Å². The van der Waals surface area contributed by atoms with E-state index in [9.17, 15) is 4.79 Å². The number of carbonyl (C=O) groups is 1. The molecule has 2 aromatic heterocycles. The highest BCUT2D eigenvalue weighted by Crippen LogP contribution is 2.12. The van der Waals surface area contributed by atoms with Gasteiger partial charge in [0.1, 0.15) is 5.69 Å². The van der Waals surface area contributed by atoms with Crippen molar-refractivity contribution in [3.8, 4) is 0 Å². The van der Waals surface area contributed by atoms with Gasteiger partial charge in [-0.1, -0.05) is 13.8 Å². The first kappa shape index (κ1) is 17.8. The van der Waals surface area contributed by atoms with Gasteiger partial charge in [-0.25, -0.2) is 9.97 Å². The summed E-state index contributed by atoms with van der Waals surface area (Å²) in [5.41, 5.74) is 2.21. The molecule has 0 aliphatic heterocycles. The quantitative estimate of drug-likeness (QED) is 0.807. The molecule has 0 aliphatic carbocycles. The first-order valence-electron chi connectivity index (χ1n) is 8.41. The Morgan fingerprint density at radius 1 is 1.12 bits per heavy atom. The molecule has 2 heterocycles. The van der Waals surface area contributed by atoms with Gasteiger partial charge in [0.25, 0.3) is 5.91 Å². The van der Waals surface area contributed by atoms with Crippen LogP contribution in [0.15, 0.2) is 30.6 Å². The molecular formula is C18H25N5O. The lowest BCUT2D eigenvalue weighted by molar-refractivity contribution is 0.0945. The van der Waals surface area contributed by atoms with Gasteiger partial charge < -0.3 is 10.2 Å². The third-order valence-electron chi connectivity index (χ3n) is 3.55. The summed E-state index contributed by atoms with van der Waals surface area (Å²) >= 11 is 0. The van der Waals surface area contributed by atoms with Crippen LogP contribution >= 0.6 is 0 Å².